The molecule has 1 aromatic rings. The van der Waals surface area contributed by atoms with Crippen molar-refractivity contribution < 1.29 is 4.74 Å². The van der Waals surface area contributed by atoms with Crippen LogP contribution in [0.3, 0.4) is 0 Å². The molecule has 2 heteroatoms. The summed E-state index contributed by atoms with van der Waals surface area (Å²) in [5.74, 6) is 0. The van der Waals surface area contributed by atoms with Crippen LogP contribution in [0.5, 0.6) is 0 Å². The summed E-state index contributed by atoms with van der Waals surface area (Å²) in [5.41, 5.74) is 0. The van der Waals surface area contributed by atoms with Crippen LogP contribution in [0.15, 0.2) is 12.1 Å². The lowest BCUT2D eigenvalue weighted by Gasteiger charge is -2.04. The van der Waals surface area contributed by atoms with Gasteiger partial charge in [0.1, 0.15) is 0 Å². The van der Waals surface area contributed by atoms with E-state index in [4.69, 9.17) is 4.74 Å². The summed E-state index contributed by atoms with van der Waals surface area (Å²) in [6, 6.07) is 4.36. The molecular weight excluding hydrogens is 156 g/mol. The predicted octanol–water partition coefficient (Wildman–Crippen LogP) is 2.91. The van der Waals surface area contributed by atoms with Gasteiger partial charge in [0.25, 0.3) is 0 Å². The normalized spacial score (nSPS) is 24.3. The zero-order valence-electron chi connectivity index (χ0n) is 6.67. The molecule has 0 saturated carbocycles. The molecule has 1 nitrogen and oxygen atoms in total. The summed E-state index contributed by atoms with van der Waals surface area (Å²) in [6.45, 7) is 3.09. The number of thiophene rings is 1. The Labute approximate surface area is 71.0 Å². The fraction of sp³-hybridized carbons (Fsp3) is 0.556. The minimum absolute atomic E-state index is 0.411. The Kier molecular flexibility index (Phi) is 1.96. The van der Waals surface area contributed by atoms with Crippen LogP contribution in [0.1, 0.15) is 28.7 Å². The molecule has 0 amide bonds. The van der Waals surface area contributed by atoms with Crippen molar-refractivity contribution in [2.24, 2.45) is 0 Å². The largest absolute Gasteiger partial charge is 0.373 e. The lowest BCUT2D eigenvalue weighted by molar-refractivity contribution is 0.114. The molecule has 1 aliphatic heterocycles. The van der Waals surface area contributed by atoms with Gasteiger partial charge in [-0.2, -0.15) is 0 Å². The SMILES string of the molecule is Cc1ccc(C2CCCO2)s1. The Morgan fingerprint density at radius 1 is 1.55 bits per heavy atom. The van der Waals surface area contributed by atoms with Gasteiger partial charge >= 0.3 is 0 Å². The van der Waals surface area contributed by atoms with Gasteiger partial charge in [0, 0.05) is 16.4 Å². The lowest BCUT2D eigenvalue weighted by Crippen LogP contribution is -1.90. The monoisotopic (exact) mass is 168 g/mol. The Hall–Kier alpha value is -0.340. The van der Waals surface area contributed by atoms with Gasteiger partial charge in [-0.05, 0) is 31.9 Å². The highest BCUT2D eigenvalue weighted by atomic mass is 32.1. The van der Waals surface area contributed by atoms with E-state index in [-0.39, 0.29) is 0 Å². The first-order valence-corrected chi connectivity index (χ1v) is 4.86. The van der Waals surface area contributed by atoms with Crippen molar-refractivity contribution in [2.45, 2.75) is 25.9 Å². The van der Waals surface area contributed by atoms with E-state index in [2.05, 4.69) is 19.1 Å². The lowest BCUT2D eigenvalue weighted by atomic mass is 10.2. The molecule has 0 bridgehead atoms. The van der Waals surface area contributed by atoms with Crippen molar-refractivity contribution in [3.8, 4) is 0 Å². The van der Waals surface area contributed by atoms with Crippen molar-refractivity contribution in [1.82, 2.24) is 0 Å². The minimum atomic E-state index is 0.411. The van der Waals surface area contributed by atoms with Crippen molar-refractivity contribution >= 4 is 11.3 Å². The molecule has 1 atom stereocenters. The molecule has 1 aromatic heterocycles. The summed E-state index contributed by atoms with van der Waals surface area (Å²) in [5, 5.41) is 0. The molecule has 0 radical (unpaired) electrons. The van der Waals surface area contributed by atoms with E-state index in [1.54, 1.807) is 0 Å². The predicted molar refractivity (Wildman–Crippen MR) is 47.0 cm³/mol. The summed E-state index contributed by atoms with van der Waals surface area (Å²) in [4.78, 5) is 2.79. The summed E-state index contributed by atoms with van der Waals surface area (Å²) >= 11 is 1.86. The third kappa shape index (κ3) is 1.47. The fourth-order valence-electron chi connectivity index (χ4n) is 1.43. The van der Waals surface area contributed by atoms with Crippen LogP contribution >= 0.6 is 11.3 Å². The Bertz CT molecular complexity index is 235. The minimum Gasteiger partial charge on any atom is -0.373 e. The second-order valence-corrected chi connectivity index (χ2v) is 4.27. The average Bonchev–Trinajstić information content (AvgIpc) is 2.55. The number of ether oxygens (including phenoxy) is 1. The standard InChI is InChI=1S/C9H12OS/c1-7-4-5-9(11-7)8-3-2-6-10-8/h4-5,8H,2-3,6H2,1H3. The third-order valence-corrected chi connectivity index (χ3v) is 3.10. The number of hydrogen-bond acceptors (Lipinski definition) is 2. The van der Waals surface area contributed by atoms with Crippen molar-refractivity contribution in [3.05, 3.63) is 21.9 Å². The maximum atomic E-state index is 5.56. The first-order valence-electron chi connectivity index (χ1n) is 4.04. The average molecular weight is 168 g/mol. The van der Waals surface area contributed by atoms with E-state index < -0.39 is 0 Å². The van der Waals surface area contributed by atoms with Gasteiger partial charge < -0.3 is 4.74 Å². The van der Waals surface area contributed by atoms with Crippen LogP contribution in [-0.4, -0.2) is 6.61 Å². The van der Waals surface area contributed by atoms with E-state index in [1.807, 2.05) is 11.3 Å². The van der Waals surface area contributed by atoms with Gasteiger partial charge in [-0.15, -0.1) is 11.3 Å². The second-order valence-electron chi connectivity index (χ2n) is 2.95. The molecular formula is C9H12OS. The van der Waals surface area contributed by atoms with Gasteiger partial charge in [-0.25, -0.2) is 0 Å². The highest BCUT2D eigenvalue weighted by molar-refractivity contribution is 7.12. The number of rotatable bonds is 1. The van der Waals surface area contributed by atoms with Gasteiger partial charge in [-0.3, -0.25) is 0 Å². The molecule has 0 aliphatic carbocycles. The zero-order valence-corrected chi connectivity index (χ0v) is 7.49. The summed E-state index contributed by atoms with van der Waals surface area (Å²) in [7, 11) is 0. The maximum Gasteiger partial charge on any atom is 0.0917 e. The van der Waals surface area contributed by atoms with Gasteiger partial charge in [0.2, 0.25) is 0 Å². The van der Waals surface area contributed by atoms with Gasteiger partial charge in [-0.1, -0.05) is 0 Å². The van der Waals surface area contributed by atoms with Crippen LogP contribution in [0, 0.1) is 6.92 Å². The highest BCUT2D eigenvalue weighted by Crippen LogP contribution is 2.32. The first-order chi connectivity index (χ1) is 5.36. The molecule has 60 valence electrons. The summed E-state index contributed by atoms with van der Waals surface area (Å²) in [6.07, 6.45) is 2.84. The van der Waals surface area contributed by atoms with Gasteiger partial charge in [0.15, 0.2) is 0 Å². The fourth-order valence-corrected chi connectivity index (χ4v) is 2.39. The molecule has 0 aromatic carbocycles. The molecule has 11 heavy (non-hydrogen) atoms. The van der Waals surface area contributed by atoms with Crippen LogP contribution in [0.4, 0.5) is 0 Å². The first kappa shape index (κ1) is 7.32. The molecule has 1 saturated heterocycles. The van der Waals surface area contributed by atoms with Crippen molar-refractivity contribution in [3.63, 3.8) is 0 Å². The molecule has 1 unspecified atom stereocenters. The quantitative estimate of drug-likeness (QED) is 0.626. The van der Waals surface area contributed by atoms with Crippen LogP contribution in [0.2, 0.25) is 0 Å². The maximum absolute atomic E-state index is 5.56. The van der Waals surface area contributed by atoms with Crippen LogP contribution in [-0.2, 0) is 4.74 Å². The second kappa shape index (κ2) is 2.95. The Balaban J connectivity index is 2.15. The summed E-state index contributed by atoms with van der Waals surface area (Å²) < 4.78 is 5.56. The van der Waals surface area contributed by atoms with E-state index in [0.717, 1.165) is 6.61 Å². The van der Waals surface area contributed by atoms with Crippen LogP contribution in [0.25, 0.3) is 0 Å². The highest BCUT2D eigenvalue weighted by Gasteiger charge is 2.18. The van der Waals surface area contributed by atoms with E-state index in [9.17, 15) is 0 Å². The molecule has 0 N–H and O–H groups in total. The number of aryl methyl sites for hydroxylation is 1. The molecule has 1 fully saturated rings. The van der Waals surface area contributed by atoms with Gasteiger partial charge in [0.05, 0.1) is 6.10 Å². The molecule has 0 spiro atoms. The van der Waals surface area contributed by atoms with E-state index >= 15 is 0 Å². The smallest absolute Gasteiger partial charge is 0.0917 e. The molecule has 2 heterocycles. The van der Waals surface area contributed by atoms with E-state index in [0.29, 0.717) is 6.10 Å². The molecule has 2 rings (SSSR count). The van der Waals surface area contributed by atoms with Crippen molar-refractivity contribution in [1.29, 1.82) is 0 Å². The van der Waals surface area contributed by atoms with Crippen LogP contribution < -0.4 is 0 Å². The topological polar surface area (TPSA) is 9.23 Å². The molecule has 1 aliphatic rings. The zero-order chi connectivity index (χ0) is 7.68. The third-order valence-electron chi connectivity index (χ3n) is 2.01. The van der Waals surface area contributed by atoms with E-state index in [1.165, 1.54) is 22.6 Å². The van der Waals surface area contributed by atoms with Crippen molar-refractivity contribution in [2.75, 3.05) is 6.61 Å². The number of hydrogen-bond donors (Lipinski definition) is 0. The Morgan fingerprint density at radius 2 is 2.45 bits per heavy atom. The Morgan fingerprint density at radius 3 is 3.00 bits per heavy atom.